The second-order valence-electron chi connectivity index (χ2n) is 4.73. The van der Waals surface area contributed by atoms with E-state index in [0.29, 0.717) is 6.10 Å². The molecule has 8 heteroatoms. The Balaban J connectivity index is 1.68. The van der Waals surface area contributed by atoms with Crippen molar-refractivity contribution in [3.05, 3.63) is 0 Å². The van der Waals surface area contributed by atoms with E-state index in [4.69, 9.17) is 9.47 Å². The van der Waals surface area contributed by atoms with Crippen LogP contribution in [0.3, 0.4) is 0 Å². The lowest BCUT2D eigenvalue weighted by atomic mass is 10.1. The zero-order chi connectivity index (χ0) is 14.0. The first-order valence-electron chi connectivity index (χ1n) is 7.10. The minimum atomic E-state index is 0.346. The average molecular weight is 301 g/mol. The highest BCUT2D eigenvalue weighted by molar-refractivity contribution is 7.99. The van der Waals surface area contributed by atoms with Crippen molar-refractivity contribution in [2.45, 2.75) is 37.1 Å². The van der Waals surface area contributed by atoms with E-state index in [-0.39, 0.29) is 0 Å². The van der Waals surface area contributed by atoms with Gasteiger partial charge in [0.1, 0.15) is 0 Å². The molecule has 1 N–H and O–H groups in total. The lowest BCUT2D eigenvalue weighted by Gasteiger charge is -2.21. The second-order valence-corrected chi connectivity index (χ2v) is 5.71. The summed E-state index contributed by atoms with van der Waals surface area (Å²) in [6.45, 7) is 4.05. The third kappa shape index (κ3) is 5.35. The van der Waals surface area contributed by atoms with E-state index in [1.54, 1.807) is 18.9 Å². The van der Waals surface area contributed by atoms with Gasteiger partial charge >= 0.3 is 0 Å². The smallest absolute Gasteiger partial charge is 0.209 e. The van der Waals surface area contributed by atoms with E-state index in [1.165, 1.54) is 12.8 Å². The van der Waals surface area contributed by atoms with Crippen molar-refractivity contribution in [3.8, 4) is 0 Å². The van der Waals surface area contributed by atoms with E-state index in [0.717, 1.165) is 50.2 Å². The largest absolute Gasteiger partial charge is 0.383 e. The molecule has 0 amide bonds. The number of hydrogen-bond acceptors (Lipinski definition) is 7. The number of nitrogens with zero attached hydrogens (tertiary/aromatic N) is 4. The monoisotopic (exact) mass is 301 g/mol. The Morgan fingerprint density at radius 2 is 2.40 bits per heavy atom. The molecule has 0 bridgehead atoms. The number of tetrazole rings is 1. The third-order valence-corrected chi connectivity index (χ3v) is 4.24. The number of hydrogen-bond donors (Lipinski definition) is 1. The van der Waals surface area contributed by atoms with Crippen molar-refractivity contribution in [1.82, 2.24) is 25.5 Å². The van der Waals surface area contributed by atoms with Crippen LogP contribution in [0.1, 0.15) is 19.3 Å². The van der Waals surface area contributed by atoms with Crippen LogP contribution in [-0.2, 0) is 16.0 Å². The van der Waals surface area contributed by atoms with Gasteiger partial charge < -0.3 is 14.8 Å². The van der Waals surface area contributed by atoms with Crippen molar-refractivity contribution in [3.63, 3.8) is 0 Å². The van der Waals surface area contributed by atoms with Gasteiger partial charge in [-0.3, -0.25) is 0 Å². The first-order chi connectivity index (χ1) is 9.90. The molecule has 1 atom stereocenters. The highest BCUT2D eigenvalue weighted by Crippen LogP contribution is 2.21. The minimum Gasteiger partial charge on any atom is -0.383 e. The highest BCUT2D eigenvalue weighted by atomic mass is 32.2. The molecule has 1 unspecified atom stereocenters. The molecule has 1 fully saturated rings. The SMILES string of the molecule is COCCNCCn1nnnc1SCC1CCCCO1. The average Bonchev–Trinajstić information content (AvgIpc) is 2.93. The van der Waals surface area contributed by atoms with Crippen LogP contribution in [0.4, 0.5) is 0 Å². The summed E-state index contributed by atoms with van der Waals surface area (Å²) in [5.41, 5.74) is 0. The Labute approximate surface area is 123 Å². The zero-order valence-electron chi connectivity index (χ0n) is 12.0. The predicted molar refractivity (Wildman–Crippen MR) is 76.9 cm³/mol. The highest BCUT2D eigenvalue weighted by Gasteiger charge is 2.16. The molecule has 1 saturated heterocycles. The molecule has 0 saturated carbocycles. The lowest BCUT2D eigenvalue weighted by Crippen LogP contribution is -2.25. The van der Waals surface area contributed by atoms with Gasteiger partial charge in [-0.15, -0.1) is 5.10 Å². The van der Waals surface area contributed by atoms with Gasteiger partial charge in [-0.1, -0.05) is 11.8 Å². The lowest BCUT2D eigenvalue weighted by molar-refractivity contribution is 0.0315. The fourth-order valence-corrected chi connectivity index (χ4v) is 3.00. The van der Waals surface area contributed by atoms with Crippen LogP contribution in [0.15, 0.2) is 5.16 Å². The molecular formula is C12H23N5O2S. The topological polar surface area (TPSA) is 74.1 Å². The van der Waals surface area contributed by atoms with Gasteiger partial charge in [-0.2, -0.15) is 0 Å². The Morgan fingerprint density at radius 3 is 3.20 bits per heavy atom. The number of ether oxygens (including phenoxy) is 2. The minimum absolute atomic E-state index is 0.346. The molecule has 1 aromatic rings. The van der Waals surface area contributed by atoms with E-state index in [2.05, 4.69) is 20.8 Å². The van der Waals surface area contributed by atoms with E-state index >= 15 is 0 Å². The molecule has 7 nitrogen and oxygen atoms in total. The number of thioether (sulfide) groups is 1. The van der Waals surface area contributed by atoms with Crippen LogP contribution >= 0.6 is 11.8 Å². The third-order valence-electron chi connectivity index (χ3n) is 3.15. The van der Waals surface area contributed by atoms with Crippen LogP contribution in [0, 0.1) is 0 Å². The molecule has 114 valence electrons. The van der Waals surface area contributed by atoms with Gasteiger partial charge in [0.25, 0.3) is 0 Å². The fourth-order valence-electron chi connectivity index (χ4n) is 2.03. The summed E-state index contributed by atoms with van der Waals surface area (Å²) in [5.74, 6) is 0.928. The molecule has 1 aliphatic rings. The van der Waals surface area contributed by atoms with Crippen molar-refractivity contribution < 1.29 is 9.47 Å². The Kier molecular flexibility index (Phi) is 7.27. The maximum Gasteiger partial charge on any atom is 0.209 e. The van der Waals surface area contributed by atoms with Crippen LogP contribution in [0.25, 0.3) is 0 Å². The van der Waals surface area contributed by atoms with Crippen LogP contribution < -0.4 is 5.32 Å². The first kappa shape index (κ1) is 15.7. The zero-order valence-corrected chi connectivity index (χ0v) is 12.8. The summed E-state index contributed by atoms with van der Waals surface area (Å²) in [6, 6.07) is 0. The predicted octanol–water partition coefficient (Wildman–Crippen LogP) is 0.570. The molecule has 1 aliphatic heterocycles. The summed E-state index contributed by atoms with van der Waals surface area (Å²) in [4.78, 5) is 0. The van der Waals surface area contributed by atoms with Crippen molar-refractivity contribution in [2.24, 2.45) is 0 Å². The fraction of sp³-hybridized carbons (Fsp3) is 0.917. The summed E-state index contributed by atoms with van der Waals surface area (Å²) in [5, 5.41) is 16.0. The number of rotatable bonds is 9. The van der Waals surface area contributed by atoms with E-state index < -0.39 is 0 Å². The van der Waals surface area contributed by atoms with Gasteiger partial charge in [0.15, 0.2) is 0 Å². The molecule has 0 aromatic carbocycles. The number of nitrogens with one attached hydrogen (secondary N) is 1. The Morgan fingerprint density at radius 1 is 1.45 bits per heavy atom. The normalized spacial score (nSPS) is 19.4. The van der Waals surface area contributed by atoms with Gasteiger partial charge in [-0.05, 0) is 29.7 Å². The molecule has 2 heterocycles. The van der Waals surface area contributed by atoms with Crippen LogP contribution in [0.5, 0.6) is 0 Å². The van der Waals surface area contributed by atoms with Gasteiger partial charge in [0.2, 0.25) is 5.16 Å². The van der Waals surface area contributed by atoms with Gasteiger partial charge in [0, 0.05) is 32.6 Å². The maximum absolute atomic E-state index is 5.72. The van der Waals surface area contributed by atoms with E-state index in [9.17, 15) is 0 Å². The first-order valence-corrected chi connectivity index (χ1v) is 8.09. The van der Waals surface area contributed by atoms with E-state index in [1.807, 2.05) is 4.68 Å². The summed E-state index contributed by atoms with van der Waals surface area (Å²) >= 11 is 1.68. The molecule has 2 rings (SSSR count). The number of aromatic nitrogens is 4. The van der Waals surface area contributed by atoms with Crippen molar-refractivity contribution >= 4 is 11.8 Å². The van der Waals surface area contributed by atoms with Gasteiger partial charge in [-0.25, -0.2) is 4.68 Å². The Bertz CT molecular complexity index is 370. The molecule has 0 radical (unpaired) electrons. The van der Waals surface area contributed by atoms with Crippen LogP contribution in [-0.4, -0.2) is 65.5 Å². The van der Waals surface area contributed by atoms with Gasteiger partial charge in [0.05, 0.1) is 19.3 Å². The maximum atomic E-state index is 5.72. The van der Waals surface area contributed by atoms with Crippen molar-refractivity contribution in [2.75, 3.05) is 39.2 Å². The number of methoxy groups -OCH3 is 1. The second kappa shape index (κ2) is 9.28. The summed E-state index contributed by atoms with van der Waals surface area (Å²) in [7, 11) is 1.70. The molecule has 20 heavy (non-hydrogen) atoms. The quantitative estimate of drug-likeness (QED) is 0.528. The van der Waals surface area contributed by atoms with Crippen LogP contribution in [0.2, 0.25) is 0 Å². The standard InChI is InChI=1S/C12H23N5O2S/c1-18-9-6-13-5-7-17-12(14-15-16-17)20-10-11-4-2-3-8-19-11/h11,13H,2-10H2,1H3. The van der Waals surface area contributed by atoms with Crippen molar-refractivity contribution in [1.29, 1.82) is 0 Å². The molecular weight excluding hydrogens is 278 g/mol. The summed E-state index contributed by atoms with van der Waals surface area (Å²) in [6.07, 6.45) is 3.94. The molecule has 0 spiro atoms. The molecule has 0 aliphatic carbocycles. The Hall–Kier alpha value is -0.700. The summed E-state index contributed by atoms with van der Waals surface area (Å²) < 4.78 is 12.5. The molecule has 1 aromatic heterocycles.